The fraction of sp³-hybridized carbons (Fsp3) is 0.167. The molecule has 0 radical (unpaired) electrons. The highest BCUT2D eigenvalue weighted by Crippen LogP contribution is 2.22. The van der Waals surface area contributed by atoms with Crippen molar-refractivity contribution in [3.63, 3.8) is 0 Å². The number of aryl methyl sites for hydroxylation is 1. The molecule has 3 aromatic rings. The fourth-order valence-electron chi connectivity index (χ4n) is 2.09. The lowest BCUT2D eigenvalue weighted by molar-refractivity contribution is 0.246. The zero-order valence-corrected chi connectivity index (χ0v) is 14.5. The van der Waals surface area contributed by atoms with Crippen molar-refractivity contribution in [3.05, 3.63) is 59.5 Å². The first kappa shape index (κ1) is 16.9. The van der Waals surface area contributed by atoms with Crippen molar-refractivity contribution >= 4 is 23.1 Å². The maximum absolute atomic E-state index is 11.8. The van der Waals surface area contributed by atoms with Crippen molar-refractivity contribution in [1.29, 1.82) is 0 Å². The molecule has 1 aromatic carbocycles. The van der Waals surface area contributed by atoms with E-state index in [-0.39, 0.29) is 6.03 Å². The molecule has 7 heteroatoms. The molecule has 0 spiro atoms. The second-order valence-electron chi connectivity index (χ2n) is 5.33. The third kappa shape index (κ3) is 5.02. The van der Waals surface area contributed by atoms with Crippen LogP contribution in [0.5, 0.6) is 5.88 Å². The second kappa shape index (κ2) is 8.25. The lowest BCUT2D eigenvalue weighted by atomic mass is 10.2. The number of ether oxygens (including phenoxy) is 1. The highest BCUT2D eigenvalue weighted by molar-refractivity contribution is 7.13. The minimum atomic E-state index is -0.272. The third-order valence-electron chi connectivity index (χ3n) is 3.36. The lowest BCUT2D eigenvalue weighted by Gasteiger charge is -2.08. The quantitative estimate of drug-likeness (QED) is 0.662. The molecule has 2 heterocycles. The average Bonchev–Trinajstić information content (AvgIpc) is 3.16. The summed E-state index contributed by atoms with van der Waals surface area (Å²) in [5.74, 6) is 0.432. The van der Waals surface area contributed by atoms with Crippen LogP contribution in [0.25, 0.3) is 10.6 Å². The van der Waals surface area contributed by atoms with Crippen LogP contribution >= 0.6 is 11.3 Å². The number of amides is 2. The monoisotopic (exact) mass is 354 g/mol. The van der Waals surface area contributed by atoms with Crippen LogP contribution in [0.1, 0.15) is 5.56 Å². The molecule has 0 aliphatic rings. The molecule has 0 aliphatic carbocycles. The zero-order chi connectivity index (χ0) is 17.5. The molecule has 0 unspecified atom stereocenters. The third-order valence-corrected chi connectivity index (χ3v) is 4.25. The summed E-state index contributed by atoms with van der Waals surface area (Å²) in [6, 6.07) is 14.9. The highest BCUT2D eigenvalue weighted by atomic mass is 32.1. The van der Waals surface area contributed by atoms with Crippen LogP contribution in [0.15, 0.2) is 53.9 Å². The van der Waals surface area contributed by atoms with Crippen LogP contribution in [0.3, 0.4) is 0 Å². The summed E-state index contributed by atoms with van der Waals surface area (Å²) >= 11 is 1.61. The summed E-state index contributed by atoms with van der Waals surface area (Å²) < 4.78 is 5.48. The Labute approximate surface area is 149 Å². The number of hydrogen-bond acceptors (Lipinski definition) is 5. The van der Waals surface area contributed by atoms with E-state index in [4.69, 9.17) is 4.74 Å². The van der Waals surface area contributed by atoms with Gasteiger partial charge in [0.2, 0.25) is 5.88 Å². The van der Waals surface area contributed by atoms with Crippen LogP contribution in [-0.2, 0) is 0 Å². The summed E-state index contributed by atoms with van der Waals surface area (Å²) in [5, 5.41) is 15.6. The van der Waals surface area contributed by atoms with Crippen molar-refractivity contribution in [2.45, 2.75) is 6.92 Å². The van der Waals surface area contributed by atoms with E-state index in [9.17, 15) is 4.79 Å². The summed E-state index contributed by atoms with van der Waals surface area (Å²) in [7, 11) is 0. The molecule has 0 saturated carbocycles. The second-order valence-corrected chi connectivity index (χ2v) is 6.28. The lowest BCUT2D eigenvalue weighted by Crippen LogP contribution is -2.32. The maximum atomic E-state index is 11.8. The van der Waals surface area contributed by atoms with E-state index < -0.39 is 0 Å². The zero-order valence-electron chi connectivity index (χ0n) is 13.7. The van der Waals surface area contributed by atoms with Crippen molar-refractivity contribution in [1.82, 2.24) is 15.5 Å². The fourth-order valence-corrected chi connectivity index (χ4v) is 2.78. The van der Waals surface area contributed by atoms with Gasteiger partial charge in [-0.05, 0) is 36.6 Å². The van der Waals surface area contributed by atoms with Crippen LogP contribution in [-0.4, -0.2) is 29.4 Å². The van der Waals surface area contributed by atoms with Gasteiger partial charge in [0.1, 0.15) is 12.3 Å². The molecule has 2 aromatic heterocycles. The highest BCUT2D eigenvalue weighted by Gasteiger charge is 2.04. The molecule has 0 aliphatic heterocycles. The van der Waals surface area contributed by atoms with Crippen molar-refractivity contribution in [2.24, 2.45) is 0 Å². The van der Waals surface area contributed by atoms with Gasteiger partial charge in [-0.2, -0.15) is 0 Å². The number of nitrogens with zero attached hydrogens (tertiary/aromatic N) is 2. The minimum absolute atomic E-state index is 0.272. The summed E-state index contributed by atoms with van der Waals surface area (Å²) in [6.45, 7) is 2.68. The number of aromatic nitrogens is 2. The molecular weight excluding hydrogens is 336 g/mol. The van der Waals surface area contributed by atoms with E-state index in [2.05, 4.69) is 20.8 Å². The van der Waals surface area contributed by atoms with Gasteiger partial charge in [0.25, 0.3) is 0 Å². The Morgan fingerprint density at radius 1 is 1.12 bits per heavy atom. The van der Waals surface area contributed by atoms with E-state index in [0.29, 0.717) is 19.0 Å². The first-order chi connectivity index (χ1) is 12.2. The van der Waals surface area contributed by atoms with Crippen LogP contribution in [0.4, 0.5) is 10.5 Å². The van der Waals surface area contributed by atoms with Gasteiger partial charge in [0.15, 0.2) is 0 Å². The molecule has 2 amide bonds. The van der Waals surface area contributed by atoms with Crippen molar-refractivity contribution in [3.8, 4) is 16.5 Å². The number of thiophene rings is 1. The average molecular weight is 354 g/mol. The number of benzene rings is 1. The van der Waals surface area contributed by atoms with Gasteiger partial charge in [-0.15, -0.1) is 21.5 Å². The predicted octanol–water partition coefficient (Wildman–Crippen LogP) is 3.71. The van der Waals surface area contributed by atoms with E-state index >= 15 is 0 Å². The van der Waals surface area contributed by atoms with E-state index in [1.54, 1.807) is 17.4 Å². The first-order valence-corrected chi connectivity index (χ1v) is 8.70. The minimum Gasteiger partial charge on any atom is -0.475 e. The maximum Gasteiger partial charge on any atom is 0.319 e. The van der Waals surface area contributed by atoms with Gasteiger partial charge in [-0.3, -0.25) is 0 Å². The van der Waals surface area contributed by atoms with Gasteiger partial charge in [-0.25, -0.2) is 4.79 Å². The normalized spacial score (nSPS) is 10.3. The molecule has 2 N–H and O–H groups in total. The molecule has 128 valence electrons. The predicted molar refractivity (Wildman–Crippen MR) is 99.0 cm³/mol. The van der Waals surface area contributed by atoms with Crippen molar-refractivity contribution in [2.75, 3.05) is 18.5 Å². The topological polar surface area (TPSA) is 76.1 Å². The Morgan fingerprint density at radius 3 is 2.64 bits per heavy atom. The Balaban J connectivity index is 1.39. The number of nitrogens with one attached hydrogen (secondary N) is 2. The van der Waals surface area contributed by atoms with Gasteiger partial charge in [-0.1, -0.05) is 23.8 Å². The molecular formula is C18H18N4O2S. The van der Waals surface area contributed by atoms with Gasteiger partial charge in [0, 0.05) is 11.8 Å². The first-order valence-electron chi connectivity index (χ1n) is 7.82. The number of rotatable bonds is 6. The number of carbonyl (C=O) groups is 1. The smallest absolute Gasteiger partial charge is 0.319 e. The van der Waals surface area contributed by atoms with Crippen molar-refractivity contribution < 1.29 is 9.53 Å². The molecule has 6 nitrogen and oxygen atoms in total. The van der Waals surface area contributed by atoms with Gasteiger partial charge in [0.05, 0.1) is 11.4 Å². The molecule has 0 saturated heterocycles. The Bertz CT molecular complexity index is 802. The molecule has 0 fully saturated rings. The molecule has 3 rings (SSSR count). The van der Waals surface area contributed by atoms with Crippen LogP contribution < -0.4 is 15.4 Å². The van der Waals surface area contributed by atoms with E-state index in [1.807, 2.05) is 54.8 Å². The van der Waals surface area contributed by atoms with E-state index in [1.165, 1.54) is 0 Å². The number of urea groups is 1. The van der Waals surface area contributed by atoms with Gasteiger partial charge < -0.3 is 15.4 Å². The summed E-state index contributed by atoms with van der Waals surface area (Å²) in [5.41, 5.74) is 2.71. The van der Waals surface area contributed by atoms with Crippen LogP contribution in [0.2, 0.25) is 0 Å². The molecule has 25 heavy (non-hydrogen) atoms. The Hall–Kier alpha value is -2.93. The summed E-state index contributed by atoms with van der Waals surface area (Å²) in [6.07, 6.45) is 0. The van der Waals surface area contributed by atoms with E-state index in [0.717, 1.165) is 21.8 Å². The Kier molecular flexibility index (Phi) is 5.58. The summed E-state index contributed by atoms with van der Waals surface area (Å²) in [4.78, 5) is 12.8. The molecule has 0 bridgehead atoms. The number of hydrogen-bond donors (Lipinski definition) is 2. The Morgan fingerprint density at radius 2 is 1.96 bits per heavy atom. The largest absolute Gasteiger partial charge is 0.475 e. The SMILES string of the molecule is Cc1ccc(NC(=O)NCCOc2ccc(-c3cccs3)nn2)cc1. The number of anilines is 1. The number of carbonyl (C=O) groups excluding carboxylic acids is 1. The van der Waals surface area contributed by atoms with Gasteiger partial charge >= 0.3 is 6.03 Å². The molecule has 0 atom stereocenters. The standard InChI is InChI=1S/C18H18N4O2S/c1-13-4-6-14(7-5-13)20-18(23)19-10-11-24-17-9-8-15(21-22-17)16-3-2-12-25-16/h2-9,12H,10-11H2,1H3,(H2,19,20,23). The van der Waals surface area contributed by atoms with Crippen LogP contribution in [0, 0.1) is 6.92 Å².